The number of hydrogen-bond donors (Lipinski definition) is 1. The van der Waals surface area contributed by atoms with E-state index in [-0.39, 0.29) is 18.1 Å². The van der Waals surface area contributed by atoms with Gasteiger partial charge in [-0.15, -0.1) is 0 Å². The summed E-state index contributed by atoms with van der Waals surface area (Å²) in [4.78, 5) is 12.1. The van der Waals surface area contributed by atoms with Gasteiger partial charge in [-0.3, -0.25) is 4.79 Å². The summed E-state index contributed by atoms with van der Waals surface area (Å²) in [6.45, 7) is 0.215. The molecule has 1 heterocycles. The number of phenols is 1. The average Bonchev–Trinajstić information content (AvgIpc) is 3.08. The second-order valence-corrected chi connectivity index (χ2v) is 6.23. The lowest BCUT2D eigenvalue weighted by Gasteiger charge is -2.05. The maximum atomic E-state index is 12.1. The molecule has 0 amide bonds. The first-order valence-electron chi connectivity index (χ1n) is 7.69. The van der Waals surface area contributed by atoms with Crippen LogP contribution >= 0.6 is 23.2 Å². The Kier molecular flexibility index (Phi) is 5.66. The summed E-state index contributed by atoms with van der Waals surface area (Å²) in [5.41, 5.74) is 0.399. The third-order valence-electron chi connectivity index (χ3n) is 3.48. The van der Waals surface area contributed by atoms with E-state index in [4.69, 9.17) is 32.4 Å². The van der Waals surface area contributed by atoms with E-state index in [9.17, 15) is 9.90 Å². The van der Waals surface area contributed by atoms with Gasteiger partial charge in [0.25, 0.3) is 0 Å². The van der Waals surface area contributed by atoms with Gasteiger partial charge >= 0.3 is 0 Å². The molecule has 6 heteroatoms. The van der Waals surface area contributed by atoms with Crippen LogP contribution in [-0.2, 0) is 6.61 Å². The van der Waals surface area contributed by atoms with Gasteiger partial charge in [0.05, 0.1) is 10.0 Å². The Morgan fingerprint density at radius 3 is 2.69 bits per heavy atom. The molecule has 0 fully saturated rings. The number of halogens is 2. The quantitative estimate of drug-likeness (QED) is 0.430. The Balaban J connectivity index is 1.60. The first-order valence-corrected chi connectivity index (χ1v) is 8.45. The molecule has 1 N–H and O–H groups in total. The van der Waals surface area contributed by atoms with E-state index >= 15 is 0 Å². The molecule has 0 bridgehead atoms. The average molecular weight is 389 g/mol. The summed E-state index contributed by atoms with van der Waals surface area (Å²) in [5.74, 6) is 1.51. The van der Waals surface area contributed by atoms with Gasteiger partial charge in [-0.25, -0.2) is 0 Å². The highest BCUT2D eigenvalue weighted by Crippen LogP contribution is 2.27. The number of ether oxygens (including phenoxy) is 1. The molecule has 0 atom stereocenters. The predicted molar refractivity (Wildman–Crippen MR) is 101 cm³/mol. The fourth-order valence-corrected chi connectivity index (χ4v) is 2.48. The largest absolute Gasteiger partial charge is 0.508 e. The van der Waals surface area contributed by atoms with Gasteiger partial charge < -0.3 is 14.3 Å². The highest BCUT2D eigenvalue weighted by molar-refractivity contribution is 6.42. The smallest absolute Gasteiger partial charge is 0.186 e. The van der Waals surface area contributed by atoms with E-state index < -0.39 is 0 Å². The van der Waals surface area contributed by atoms with Gasteiger partial charge in [0.2, 0.25) is 0 Å². The zero-order valence-electron chi connectivity index (χ0n) is 13.5. The lowest BCUT2D eigenvalue weighted by atomic mass is 10.1. The topological polar surface area (TPSA) is 59.7 Å². The third kappa shape index (κ3) is 4.69. The van der Waals surface area contributed by atoms with E-state index in [0.717, 1.165) is 0 Å². The van der Waals surface area contributed by atoms with E-state index in [2.05, 4.69) is 0 Å². The van der Waals surface area contributed by atoms with Crippen molar-refractivity contribution in [2.45, 2.75) is 6.61 Å². The number of carbonyl (C=O) groups is 1. The van der Waals surface area contributed by atoms with Crippen molar-refractivity contribution in [3.63, 3.8) is 0 Å². The van der Waals surface area contributed by atoms with Gasteiger partial charge in [0.15, 0.2) is 5.78 Å². The molecule has 132 valence electrons. The Morgan fingerprint density at radius 2 is 1.92 bits per heavy atom. The molecular weight excluding hydrogens is 375 g/mol. The number of aromatic hydroxyl groups is 1. The monoisotopic (exact) mass is 388 g/mol. The van der Waals surface area contributed by atoms with E-state index in [1.54, 1.807) is 48.5 Å². The number of benzene rings is 2. The van der Waals surface area contributed by atoms with Crippen molar-refractivity contribution < 1.29 is 19.1 Å². The van der Waals surface area contributed by atoms with Crippen molar-refractivity contribution >= 4 is 35.1 Å². The van der Waals surface area contributed by atoms with Crippen molar-refractivity contribution in [3.8, 4) is 11.5 Å². The highest BCUT2D eigenvalue weighted by atomic mass is 35.5. The van der Waals surface area contributed by atoms with Crippen LogP contribution in [0.3, 0.4) is 0 Å². The van der Waals surface area contributed by atoms with E-state index in [0.29, 0.717) is 32.9 Å². The molecule has 0 aliphatic rings. The minimum absolute atomic E-state index is 0.0454. The maximum absolute atomic E-state index is 12.1. The van der Waals surface area contributed by atoms with Crippen molar-refractivity contribution in [2.75, 3.05) is 0 Å². The number of rotatable bonds is 6. The summed E-state index contributed by atoms with van der Waals surface area (Å²) >= 11 is 11.8. The minimum atomic E-state index is -0.231. The van der Waals surface area contributed by atoms with Crippen molar-refractivity contribution in [1.82, 2.24) is 0 Å². The van der Waals surface area contributed by atoms with Gasteiger partial charge in [-0.2, -0.15) is 0 Å². The lowest BCUT2D eigenvalue weighted by molar-refractivity contribution is 0.104. The molecule has 3 aromatic rings. The van der Waals surface area contributed by atoms with Crippen molar-refractivity contribution in [2.24, 2.45) is 0 Å². The molecule has 0 saturated carbocycles. The highest BCUT2D eigenvalue weighted by Gasteiger charge is 2.05. The first kappa shape index (κ1) is 18.1. The van der Waals surface area contributed by atoms with E-state index in [1.165, 1.54) is 18.2 Å². The number of phenolic OH excluding ortho intramolecular Hbond substituents is 1. The van der Waals surface area contributed by atoms with Gasteiger partial charge in [-0.1, -0.05) is 35.3 Å². The van der Waals surface area contributed by atoms with Crippen LogP contribution < -0.4 is 4.74 Å². The molecule has 3 rings (SSSR count). The summed E-state index contributed by atoms with van der Waals surface area (Å²) in [7, 11) is 0. The van der Waals surface area contributed by atoms with Crippen LogP contribution in [0.1, 0.15) is 21.9 Å². The number of hydrogen-bond acceptors (Lipinski definition) is 4. The van der Waals surface area contributed by atoms with Crippen LogP contribution in [0.25, 0.3) is 6.08 Å². The molecule has 26 heavy (non-hydrogen) atoms. The molecule has 0 saturated heterocycles. The molecule has 0 aliphatic carbocycles. The first-order chi connectivity index (χ1) is 12.5. The Hall–Kier alpha value is -2.69. The summed E-state index contributed by atoms with van der Waals surface area (Å²) in [5, 5.41) is 10.3. The van der Waals surface area contributed by atoms with Crippen LogP contribution in [0.2, 0.25) is 10.0 Å². The number of allylic oxidation sites excluding steroid dienone is 1. The molecule has 2 aromatic carbocycles. The lowest BCUT2D eigenvalue weighted by Crippen LogP contribution is -1.93. The van der Waals surface area contributed by atoms with Crippen LogP contribution in [0.15, 0.2) is 65.1 Å². The zero-order chi connectivity index (χ0) is 18.5. The number of ketones is 1. The van der Waals surface area contributed by atoms with Crippen LogP contribution in [0, 0.1) is 0 Å². The Bertz CT molecular complexity index is 960. The zero-order valence-corrected chi connectivity index (χ0v) is 15.0. The molecule has 4 nitrogen and oxygen atoms in total. The third-order valence-corrected chi connectivity index (χ3v) is 4.22. The fourth-order valence-electron chi connectivity index (χ4n) is 2.20. The predicted octanol–water partition coefficient (Wildman–Crippen LogP) is 5.77. The molecule has 0 radical (unpaired) electrons. The van der Waals surface area contributed by atoms with Gasteiger partial charge in [0.1, 0.15) is 29.6 Å². The van der Waals surface area contributed by atoms with Crippen molar-refractivity contribution in [3.05, 3.63) is 87.8 Å². The van der Waals surface area contributed by atoms with E-state index in [1.807, 2.05) is 0 Å². The normalized spacial score (nSPS) is 11.0. The Labute approximate surface area is 160 Å². The molecule has 0 spiro atoms. The minimum Gasteiger partial charge on any atom is -0.508 e. The van der Waals surface area contributed by atoms with Crippen LogP contribution in [-0.4, -0.2) is 10.9 Å². The summed E-state index contributed by atoms with van der Waals surface area (Å²) < 4.78 is 11.2. The van der Waals surface area contributed by atoms with Gasteiger partial charge in [-0.05, 0) is 48.6 Å². The van der Waals surface area contributed by atoms with Gasteiger partial charge in [0, 0.05) is 11.6 Å². The fraction of sp³-hybridized carbons (Fsp3) is 0.0500. The van der Waals surface area contributed by atoms with Crippen LogP contribution in [0.4, 0.5) is 0 Å². The van der Waals surface area contributed by atoms with Crippen LogP contribution in [0.5, 0.6) is 11.5 Å². The molecule has 0 aliphatic heterocycles. The summed E-state index contributed by atoms with van der Waals surface area (Å²) in [6.07, 6.45) is 2.95. The maximum Gasteiger partial charge on any atom is 0.186 e. The SMILES string of the molecule is O=C(/C=C/c1ccc(COc2ccc(Cl)c(Cl)c2)o1)c1cccc(O)c1. The molecule has 1 aromatic heterocycles. The summed E-state index contributed by atoms with van der Waals surface area (Å²) in [6, 6.07) is 14.6. The molecule has 0 unspecified atom stereocenters. The number of furan rings is 1. The second kappa shape index (κ2) is 8.13. The second-order valence-electron chi connectivity index (χ2n) is 5.42. The van der Waals surface area contributed by atoms with Crippen molar-refractivity contribution in [1.29, 1.82) is 0 Å². The molecular formula is C20H14Cl2O4. The standard InChI is InChI=1S/C20H14Cl2O4/c21-18-8-6-16(11-19(18)22)25-12-17-5-4-15(26-17)7-9-20(24)13-2-1-3-14(23)10-13/h1-11,23H,12H2/b9-7+. The number of carbonyl (C=O) groups excluding carboxylic acids is 1. The Morgan fingerprint density at radius 1 is 1.08 bits per heavy atom.